The van der Waals surface area contributed by atoms with E-state index in [1.807, 2.05) is 67.4 Å². The molecule has 3 rings (SSSR count). The van der Waals surface area contributed by atoms with Crippen molar-refractivity contribution in [3.05, 3.63) is 76.6 Å². The van der Waals surface area contributed by atoms with E-state index in [2.05, 4.69) is 5.32 Å². The highest BCUT2D eigenvalue weighted by molar-refractivity contribution is 6.32. The summed E-state index contributed by atoms with van der Waals surface area (Å²) in [6.07, 6.45) is 1.81. The van der Waals surface area contributed by atoms with Crippen LogP contribution in [0.4, 0.5) is 5.69 Å². The molecule has 2 aromatic rings. The number of aliphatic imine (C=N–C) groups is 1. The number of anilines is 1. The third kappa shape index (κ3) is 3.74. The summed E-state index contributed by atoms with van der Waals surface area (Å²) in [5, 5.41) is 3.55. The quantitative estimate of drug-likeness (QED) is 0.832. The number of nitrogens with one attached hydrogen (secondary N) is 1. The predicted molar refractivity (Wildman–Crippen MR) is 103 cm³/mol. The summed E-state index contributed by atoms with van der Waals surface area (Å²) in [5.74, 6) is -0.221. The second kappa shape index (κ2) is 7.53. The Morgan fingerprint density at radius 2 is 1.84 bits per heavy atom. The summed E-state index contributed by atoms with van der Waals surface area (Å²) in [6.45, 7) is 5.71. The van der Waals surface area contributed by atoms with Gasteiger partial charge in [-0.05, 0) is 32.0 Å². The molecule has 0 radical (unpaired) electrons. The van der Waals surface area contributed by atoms with E-state index in [9.17, 15) is 4.79 Å². The highest BCUT2D eigenvalue weighted by Gasteiger charge is 2.22. The third-order valence-corrected chi connectivity index (χ3v) is 4.35. The summed E-state index contributed by atoms with van der Waals surface area (Å²) in [6, 6.07) is 15.2. The molecule has 1 amide bonds. The van der Waals surface area contributed by atoms with E-state index in [4.69, 9.17) is 16.6 Å². The topological polar surface area (TPSA) is 44.7 Å². The molecular weight excluding hydrogens is 334 g/mol. The molecule has 1 heterocycles. The molecule has 0 aliphatic carbocycles. The molecule has 0 saturated heterocycles. The molecule has 25 heavy (non-hydrogen) atoms. The first-order valence-corrected chi connectivity index (χ1v) is 8.71. The van der Waals surface area contributed by atoms with Crippen LogP contribution < -0.4 is 5.32 Å². The van der Waals surface area contributed by atoms with Gasteiger partial charge in [-0.3, -0.25) is 4.79 Å². The lowest BCUT2D eigenvalue weighted by Gasteiger charge is -2.16. The largest absolute Gasteiger partial charge is 0.376 e. The van der Waals surface area contributed by atoms with E-state index >= 15 is 0 Å². The molecule has 0 aromatic heterocycles. The van der Waals surface area contributed by atoms with Crippen molar-refractivity contribution in [2.75, 3.05) is 18.4 Å². The van der Waals surface area contributed by atoms with Gasteiger partial charge in [0.25, 0.3) is 5.91 Å². The van der Waals surface area contributed by atoms with Gasteiger partial charge in [-0.25, -0.2) is 4.99 Å². The van der Waals surface area contributed by atoms with Crippen LogP contribution in [0.2, 0.25) is 5.02 Å². The number of amides is 1. The van der Waals surface area contributed by atoms with Crippen LogP contribution in [-0.2, 0) is 4.79 Å². The minimum Gasteiger partial charge on any atom is -0.376 e. The molecule has 0 saturated carbocycles. The fourth-order valence-electron chi connectivity index (χ4n) is 2.72. The van der Waals surface area contributed by atoms with E-state index in [0.717, 1.165) is 29.9 Å². The van der Waals surface area contributed by atoms with Gasteiger partial charge in [0, 0.05) is 35.4 Å². The minimum atomic E-state index is -0.221. The number of benzodiazepines with no additional fused rings is 1. The zero-order valence-corrected chi connectivity index (χ0v) is 15.0. The van der Waals surface area contributed by atoms with Crippen molar-refractivity contribution in [2.45, 2.75) is 13.8 Å². The first kappa shape index (κ1) is 17.2. The monoisotopic (exact) mass is 353 g/mol. The summed E-state index contributed by atoms with van der Waals surface area (Å²) in [5.41, 5.74) is 3.58. The fraction of sp³-hybridized carbons (Fsp3) is 0.200. The molecule has 1 aliphatic heterocycles. The number of hydrogen-bond acceptors (Lipinski definition) is 3. The molecule has 4 nitrogen and oxygen atoms in total. The first-order valence-electron chi connectivity index (χ1n) is 8.33. The number of benzene rings is 2. The first-order chi connectivity index (χ1) is 12.1. The summed E-state index contributed by atoms with van der Waals surface area (Å²) >= 11 is 6.19. The van der Waals surface area contributed by atoms with Crippen LogP contribution in [0.1, 0.15) is 25.0 Å². The Bertz CT molecular complexity index is 839. The van der Waals surface area contributed by atoms with E-state index in [0.29, 0.717) is 16.4 Å². The van der Waals surface area contributed by atoms with Gasteiger partial charge in [0.15, 0.2) is 0 Å². The van der Waals surface area contributed by atoms with Crippen molar-refractivity contribution in [3.8, 4) is 0 Å². The molecular formula is C20H20ClN3O. The van der Waals surface area contributed by atoms with E-state index < -0.39 is 0 Å². The van der Waals surface area contributed by atoms with Crippen LogP contribution in [0.25, 0.3) is 0 Å². The molecule has 1 N–H and O–H groups in total. The van der Waals surface area contributed by atoms with Gasteiger partial charge < -0.3 is 10.2 Å². The molecule has 5 heteroatoms. The van der Waals surface area contributed by atoms with E-state index in [1.165, 1.54) is 0 Å². The van der Waals surface area contributed by atoms with Crippen molar-refractivity contribution < 1.29 is 4.79 Å². The maximum atomic E-state index is 12.7. The third-order valence-electron chi connectivity index (χ3n) is 4.11. The normalized spacial score (nSPS) is 15.2. The molecule has 0 bridgehead atoms. The number of carbonyl (C=O) groups is 1. The van der Waals surface area contributed by atoms with Gasteiger partial charge in [-0.2, -0.15) is 0 Å². The molecule has 128 valence electrons. The SMILES string of the molecule is CCN(C=C1N=C(c2ccccc2)c2cc(Cl)ccc2NC1=O)CC. The lowest BCUT2D eigenvalue weighted by Crippen LogP contribution is -2.20. The summed E-state index contributed by atoms with van der Waals surface area (Å²) < 4.78 is 0. The van der Waals surface area contributed by atoms with E-state index in [-0.39, 0.29) is 5.91 Å². The fourth-order valence-corrected chi connectivity index (χ4v) is 2.89. The van der Waals surface area contributed by atoms with Crippen molar-refractivity contribution in [1.82, 2.24) is 4.90 Å². The maximum absolute atomic E-state index is 12.7. The van der Waals surface area contributed by atoms with Crippen molar-refractivity contribution >= 4 is 28.9 Å². The molecule has 0 spiro atoms. The van der Waals surface area contributed by atoms with Gasteiger partial charge >= 0.3 is 0 Å². The van der Waals surface area contributed by atoms with Gasteiger partial charge in [0.2, 0.25) is 0 Å². The van der Waals surface area contributed by atoms with Gasteiger partial charge in [-0.15, -0.1) is 0 Å². The lowest BCUT2D eigenvalue weighted by atomic mass is 10.0. The Balaban J connectivity index is 2.20. The second-order valence-corrected chi connectivity index (χ2v) is 6.14. The standard InChI is InChI=1S/C20H20ClN3O/c1-3-24(4-2)13-18-20(25)23-17-11-10-15(21)12-16(17)19(22-18)14-8-6-5-7-9-14/h5-13H,3-4H2,1-2H3,(H,23,25). The van der Waals surface area contributed by atoms with Crippen LogP contribution in [0.5, 0.6) is 0 Å². The molecule has 0 atom stereocenters. The number of fused-ring (bicyclic) bond motifs is 1. The number of nitrogens with zero attached hydrogens (tertiary/aromatic N) is 2. The van der Waals surface area contributed by atoms with Crippen molar-refractivity contribution in [1.29, 1.82) is 0 Å². The zero-order valence-electron chi connectivity index (χ0n) is 14.3. The predicted octanol–water partition coefficient (Wildman–Crippen LogP) is 4.31. The van der Waals surface area contributed by atoms with Gasteiger partial charge in [0.05, 0.1) is 11.4 Å². The highest BCUT2D eigenvalue weighted by Crippen LogP contribution is 2.28. The lowest BCUT2D eigenvalue weighted by molar-refractivity contribution is -0.112. The van der Waals surface area contributed by atoms with E-state index in [1.54, 1.807) is 6.07 Å². The highest BCUT2D eigenvalue weighted by atomic mass is 35.5. The van der Waals surface area contributed by atoms with Crippen molar-refractivity contribution in [3.63, 3.8) is 0 Å². The summed E-state index contributed by atoms with van der Waals surface area (Å²) in [7, 11) is 0. The number of carbonyl (C=O) groups excluding carboxylic acids is 1. The van der Waals surface area contributed by atoms with Crippen LogP contribution in [0, 0.1) is 0 Å². The molecule has 1 aliphatic rings. The average Bonchev–Trinajstić information content (AvgIpc) is 2.77. The number of rotatable bonds is 4. The number of hydrogen-bond donors (Lipinski definition) is 1. The van der Waals surface area contributed by atoms with Gasteiger partial charge in [0.1, 0.15) is 5.70 Å². The second-order valence-electron chi connectivity index (χ2n) is 5.71. The Morgan fingerprint density at radius 3 is 2.52 bits per heavy atom. The smallest absolute Gasteiger partial charge is 0.275 e. The maximum Gasteiger partial charge on any atom is 0.275 e. The molecule has 0 unspecified atom stereocenters. The molecule has 0 fully saturated rings. The Hall–Kier alpha value is -2.59. The van der Waals surface area contributed by atoms with Crippen LogP contribution in [0.15, 0.2) is 65.4 Å². The zero-order chi connectivity index (χ0) is 17.8. The van der Waals surface area contributed by atoms with Crippen molar-refractivity contribution in [2.24, 2.45) is 4.99 Å². The Kier molecular flexibility index (Phi) is 5.19. The Labute approximate surface area is 152 Å². The van der Waals surface area contributed by atoms with Crippen LogP contribution in [-0.4, -0.2) is 29.6 Å². The van der Waals surface area contributed by atoms with Gasteiger partial charge in [-0.1, -0.05) is 41.9 Å². The van der Waals surface area contributed by atoms with Crippen LogP contribution in [0.3, 0.4) is 0 Å². The Morgan fingerprint density at radius 1 is 1.12 bits per heavy atom. The minimum absolute atomic E-state index is 0.221. The number of halogens is 1. The molecule has 2 aromatic carbocycles. The average molecular weight is 354 g/mol. The van der Waals surface area contributed by atoms with Crippen LogP contribution >= 0.6 is 11.6 Å². The summed E-state index contributed by atoms with van der Waals surface area (Å²) in [4.78, 5) is 19.4.